The van der Waals surface area contributed by atoms with Gasteiger partial charge in [0.25, 0.3) is 0 Å². The van der Waals surface area contributed by atoms with Crippen molar-refractivity contribution in [2.45, 2.75) is 12.8 Å². The Bertz CT molecular complexity index is 397. The number of aliphatic carboxylic acids is 1. The smallest absolute Gasteiger partial charge is 0.378 e. The van der Waals surface area contributed by atoms with E-state index < -0.39 is 11.9 Å². The van der Waals surface area contributed by atoms with Crippen LogP contribution >= 0.6 is 0 Å². The van der Waals surface area contributed by atoms with Crippen molar-refractivity contribution in [2.24, 2.45) is 0 Å². The number of carboxylic acid groups (broad SMARTS) is 1. The predicted molar refractivity (Wildman–Crippen MR) is 52.8 cm³/mol. The third kappa shape index (κ3) is 2.87. The van der Waals surface area contributed by atoms with Gasteiger partial charge >= 0.3 is 11.9 Å². The fourth-order valence-electron chi connectivity index (χ4n) is 1.04. The third-order valence-corrected chi connectivity index (χ3v) is 1.95. The lowest BCUT2D eigenvalue weighted by atomic mass is 10.1. The zero-order valence-corrected chi connectivity index (χ0v) is 8.08. The summed E-state index contributed by atoms with van der Waals surface area (Å²) in [4.78, 5) is 10.1. The van der Waals surface area contributed by atoms with Crippen LogP contribution in [0.5, 0.6) is 0 Å². The van der Waals surface area contributed by atoms with Crippen LogP contribution in [0, 0.1) is 6.92 Å². The number of hydrogen-bond acceptors (Lipinski definition) is 1. The lowest BCUT2D eigenvalue weighted by Gasteiger charge is -2.05. The van der Waals surface area contributed by atoms with E-state index in [1.54, 1.807) is 31.2 Å². The van der Waals surface area contributed by atoms with Gasteiger partial charge in [-0.05, 0) is 24.1 Å². The molecule has 0 aliphatic rings. The molecule has 2 nitrogen and oxygen atoms in total. The molecule has 0 atom stereocenters. The molecule has 0 heterocycles. The highest BCUT2D eigenvalue weighted by Crippen LogP contribution is 2.18. The number of hydrogen-bond donors (Lipinski definition) is 1. The van der Waals surface area contributed by atoms with Crippen molar-refractivity contribution >= 4 is 12.0 Å². The Kier molecular flexibility index (Phi) is 3.19. The monoisotopic (exact) mass is 212 g/mol. The van der Waals surface area contributed by atoms with E-state index in [0.29, 0.717) is 11.6 Å². The van der Waals surface area contributed by atoms with E-state index in [-0.39, 0.29) is 0 Å². The van der Waals surface area contributed by atoms with Gasteiger partial charge in [0.1, 0.15) is 0 Å². The zero-order chi connectivity index (χ0) is 11.5. The molecule has 1 N–H and O–H groups in total. The molecule has 0 saturated carbocycles. The first-order chi connectivity index (χ1) is 6.93. The van der Waals surface area contributed by atoms with Gasteiger partial charge in [0, 0.05) is 0 Å². The Morgan fingerprint density at radius 1 is 1.40 bits per heavy atom. The van der Waals surface area contributed by atoms with Crippen LogP contribution in [0.3, 0.4) is 0 Å². The van der Waals surface area contributed by atoms with Crippen molar-refractivity contribution < 1.29 is 18.7 Å². The highest BCUT2D eigenvalue weighted by molar-refractivity contribution is 5.79. The maximum absolute atomic E-state index is 12.7. The molecule has 0 unspecified atom stereocenters. The Balaban J connectivity index is 2.92. The van der Waals surface area contributed by atoms with Crippen molar-refractivity contribution in [1.29, 1.82) is 0 Å². The molecule has 0 radical (unpaired) electrons. The SMILES string of the molecule is Cc1ccccc1/C=C/C(F)(F)C(=O)O. The molecule has 80 valence electrons. The van der Waals surface area contributed by atoms with E-state index in [0.717, 1.165) is 11.6 Å². The minimum atomic E-state index is -3.82. The first-order valence-corrected chi connectivity index (χ1v) is 4.29. The van der Waals surface area contributed by atoms with E-state index in [2.05, 4.69) is 0 Å². The van der Waals surface area contributed by atoms with Crippen LogP contribution in [0.2, 0.25) is 0 Å². The summed E-state index contributed by atoms with van der Waals surface area (Å²) in [6.07, 6.45) is 1.50. The number of rotatable bonds is 3. The van der Waals surface area contributed by atoms with Gasteiger partial charge in [-0.15, -0.1) is 0 Å². The summed E-state index contributed by atoms with van der Waals surface area (Å²) >= 11 is 0. The molecular formula is C11H10F2O2. The van der Waals surface area contributed by atoms with Crippen molar-refractivity contribution in [3.8, 4) is 0 Å². The number of alkyl halides is 2. The van der Waals surface area contributed by atoms with Crippen LogP contribution < -0.4 is 0 Å². The van der Waals surface area contributed by atoms with Gasteiger partial charge in [-0.2, -0.15) is 8.78 Å². The highest BCUT2D eigenvalue weighted by Gasteiger charge is 2.35. The summed E-state index contributed by atoms with van der Waals surface area (Å²) in [6, 6.07) is 6.88. The maximum Gasteiger partial charge on any atom is 0.378 e. The molecule has 0 aliphatic carbocycles. The number of aryl methyl sites for hydroxylation is 1. The molecule has 0 bridgehead atoms. The Labute approximate surface area is 85.9 Å². The van der Waals surface area contributed by atoms with Gasteiger partial charge in [-0.1, -0.05) is 30.3 Å². The molecule has 0 fully saturated rings. The lowest BCUT2D eigenvalue weighted by molar-refractivity contribution is -0.157. The Morgan fingerprint density at radius 2 is 2.00 bits per heavy atom. The van der Waals surface area contributed by atoms with E-state index in [1.807, 2.05) is 0 Å². The fraction of sp³-hybridized carbons (Fsp3) is 0.182. The second kappa shape index (κ2) is 4.21. The standard InChI is InChI=1S/C11H10F2O2/c1-8-4-2-3-5-9(8)6-7-11(12,13)10(14)15/h2-7H,1H3,(H,14,15)/b7-6+. The molecule has 0 amide bonds. The number of carbonyl (C=O) groups is 1. The maximum atomic E-state index is 12.7. The highest BCUT2D eigenvalue weighted by atomic mass is 19.3. The quantitative estimate of drug-likeness (QED) is 0.836. The first-order valence-electron chi connectivity index (χ1n) is 4.29. The van der Waals surface area contributed by atoms with E-state index in [1.165, 1.54) is 0 Å². The van der Waals surface area contributed by atoms with Crippen molar-refractivity contribution in [3.05, 3.63) is 41.5 Å². The van der Waals surface area contributed by atoms with E-state index in [9.17, 15) is 13.6 Å². The molecule has 0 saturated heterocycles. The molecule has 0 aromatic heterocycles. The summed E-state index contributed by atoms with van der Waals surface area (Å²) in [5.74, 6) is -5.96. The van der Waals surface area contributed by atoms with Gasteiger partial charge in [0.2, 0.25) is 0 Å². The summed E-state index contributed by atoms with van der Waals surface area (Å²) in [6.45, 7) is 1.76. The summed E-state index contributed by atoms with van der Waals surface area (Å²) in [5.41, 5.74) is 1.40. The largest absolute Gasteiger partial charge is 0.477 e. The van der Waals surface area contributed by atoms with Gasteiger partial charge in [-0.3, -0.25) is 0 Å². The molecule has 15 heavy (non-hydrogen) atoms. The van der Waals surface area contributed by atoms with Gasteiger partial charge in [0.05, 0.1) is 0 Å². The molecule has 0 spiro atoms. The van der Waals surface area contributed by atoms with Crippen LogP contribution in [0.15, 0.2) is 30.3 Å². The molecule has 1 aromatic carbocycles. The number of carboxylic acids is 1. The average Bonchev–Trinajstić information content (AvgIpc) is 2.16. The van der Waals surface area contributed by atoms with Crippen molar-refractivity contribution in [2.75, 3.05) is 0 Å². The molecule has 0 aliphatic heterocycles. The minimum Gasteiger partial charge on any atom is -0.477 e. The average molecular weight is 212 g/mol. The van der Waals surface area contributed by atoms with Gasteiger partial charge in [0.15, 0.2) is 0 Å². The number of halogens is 2. The lowest BCUT2D eigenvalue weighted by Crippen LogP contribution is -2.24. The van der Waals surface area contributed by atoms with Crippen molar-refractivity contribution in [3.63, 3.8) is 0 Å². The third-order valence-electron chi connectivity index (χ3n) is 1.95. The minimum absolute atomic E-state index is 0.387. The van der Waals surface area contributed by atoms with Crippen LogP contribution in [0.1, 0.15) is 11.1 Å². The normalized spacial score (nSPS) is 11.9. The Morgan fingerprint density at radius 3 is 2.53 bits per heavy atom. The topological polar surface area (TPSA) is 37.3 Å². The fourth-order valence-corrected chi connectivity index (χ4v) is 1.04. The first kappa shape index (κ1) is 11.4. The van der Waals surface area contributed by atoms with Crippen LogP contribution in [0.4, 0.5) is 8.78 Å². The summed E-state index contributed by atoms with van der Waals surface area (Å²) < 4.78 is 25.4. The second-order valence-electron chi connectivity index (χ2n) is 3.12. The van der Waals surface area contributed by atoms with Gasteiger partial charge in [-0.25, -0.2) is 4.79 Å². The van der Waals surface area contributed by atoms with E-state index >= 15 is 0 Å². The van der Waals surface area contributed by atoms with Crippen LogP contribution in [-0.2, 0) is 4.79 Å². The zero-order valence-electron chi connectivity index (χ0n) is 8.08. The number of benzene rings is 1. The van der Waals surface area contributed by atoms with Gasteiger partial charge < -0.3 is 5.11 Å². The molecule has 1 rings (SSSR count). The Hall–Kier alpha value is -1.71. The van der Waals surface area contributed by atoms with Crippen LogP contribution in [-0.4, -0.2) is 17.0 Å². The molecule has 1 aromatic rings. The predicted octanol–water partition coefficient (Wildman–Crippen LogP) is 2.73. The second-order valence-corrected chi connectivity index (χ2v) is 3.12. The molecular weight excluding hydrogens is 202 g/mol. The van der Waals surface area contributed by atoms with Crippen LogP contribution in [0.25, 0.3) is 6.08 Å². The molecule has 4 heteroatoms. The van der Waals surface area contributed by atoms with Crippen molar-refractivity contribution in [1.82, 2.24) is 0 Å². The summed E-state index contributed by atoms with van der Waals surface area (Å²) in [5, 5.41) is 8.19. The van der Waals surface area contributed by atoms with E-state index in [4.69, 9.17) is 5.11 Å². The summed E-state index contributed by atoms with van der Waals surface area (Å²) in [7, 11) is 0.